The molecular formula is C19H25N. The molecule has 106 valence electrons. The fourth-order valence-corrected chi connectivity index (χ4v) is 2.46. The van der Waals surface area contributed by atoms with Crippen molar-refractivity contribution in [1.29, 1.82) is 0 Å². The summed E-state index contributed by atoms with van der Waals surface area (Å²) in [5, 5.41) is 3.59. The lowest BCUT2D eigenvalue weighted by atomic mass is 10.0. The molecule has 2 aromatic carbocycles. The number of para-hydroxylation sites is 1. The van der Waals surface area contributed by atoms with Gasteiger partial charge in [0.2, 0.25) is 0 Å². The third-order valence-corrected chi connectivity index (χ3v) is 3.61. The number of hydrogen-bond donors (Lipinski definition) is 1. The van der Waals surface area contributed by atoms with E-state index in [4.69, 9.17) is 0 Å². The van der Waals surface area contributed by atoms with Crippen LogP contribution in [0.15, 0.2) is 54.6 Å². The van der Waals surface area contributed by atoms with Gasteiger partial charge in [0.25, 0.3) is 0 Å². The summed E-state index contributed by atoms with van der Waals surface area (Å²) < 4.78 is 0. The lowest BCUT2D eigenvalue weighted by molar-refractivity contribution is 0.645. The highest BCUT2D eigenvalue weighted by Gasteiger charge is 2.02. The molecule has 0 saturated carbocycles. The van der Waals surface area contributed by atoms with E-state index in [2.05, 4.69) is 66.8 Å². The Balaban J connectivity index is 1.92. The lowest BCUT2D eigenvalue weighted by Gasteiger charge is -2.12. The van der Waals surface area contributed by atoms with E-state index in [1.807, 2.05) is 0 Å². The number of benzene rings is 2. The second-order valence-corrected chi connectivity index (χ2v) is 5.25. The van der Waals surface area contributed by atoms with Gasteiger partial charge >= 0.3 is 0 Å². The molecule has 1 N–H and O–H groups in total. The highest BCUT2D eigenvalue weighted by Crippen LogP contribution is 2.27. The van der Waals surface area contributed by atoms with E-state index in [1.54, 1.807) is 0 Å². The van der Waals surface area contributed by atoms with E-state index in [0.717, 1.165) is 6.54 Å². The predicted octanol–water partition coefficient (Wildman–Crippen LogP) is 5.74. The Hall–Kier alpha value is -1.76. The predicted molar refractivity (Wildman–Crippen MR) is 89.1 cm³/mol. The zero-order valence-electron chi connectivity index (χ0n) is 12.4. The number of nitrogens with one attached hydrogen (secondary N) is 1. The summed E-state index contributed by atoms with van der Waals surface area (Å²) in [5.74, 6) is 0. The van der Waals surface area contributed by atoms with Crippen LogP contribution in [0.25, 0.3) is 11.1 Å². The molecule has 2 aromatic rings. The summed E-state index contributed by atoms with van der Waals surface area (Å²) in [6.07, 6.45) is 6.61. The second-order valence-electron chi connectivity index (χ2n) is 5.25. The van der Waals surface area contributed by atoms with Gasteiger partial charge < -0.3 is 5.32 Å². The summed E-state index contributed by atoms with van der Waals surface area (Å²) >= 11 is 0. The Labute approximate surface area is 123 Å². The van der Waals surface area contributed by atoms with Crippen molar-refractivity contribution in [2.75, 3.05) is 11.9 Å². The van der Waals surface area contributed by atoms with Crippen LogP contribution in [0.1, 0.15) is 39.0 Å². The Kier molecular flexibility index (Phi) is 6.16. The molecule has 0 aromatic heterocycles. The molecule has 0 aliphatic heterocycles. The maximum atomic E-state index is 3.59. The van der Waals surface area contributed by atoms with Gasteiger partial charge in [-0.2, -0.15) is 0 Å². The van der Waals surface area contributed by atoms with Gasteiger partial charge in [0.1, 0.15) is 0 Å². The number of anilines is 1. The molecule has 0 unspecified atom stereocenters. The van der Waals surface area contributed by atoms with Crippen LogP contribution in [0.2, 0.25) is 0 Å². The van der Waals surface area contributed by atoms with Crippen molar-refractivity contribution in [2.24, 2.45) is 0 Å². The summed E-state index contributed by atoms with van der Waals surface area (Å²) in [6, 6.07) is 19.2. The first-order valence-electron chi connectivity index (χ1n) is 7.80. The molecule has 1 nitrogen and oxygen atoms in total. The highest BCUT2D eigenvalue weighted by atomic mass is 14.9. The molecule has 1 heteroatoms. The van der Waals surface area contributed by atoms with E-state index >= 15 is 0 Å². The standard InChI is InChI=1S/C19H25N/c1-2-3-4-5-11-16-20-19-15-10-9-14-18(19)17-12-7-6-8-13-17/h6-10,12-15,20H,2-5,11,16H2,1H3. The number of unbranched alkanes of at least 4 members (excludes halogenated alkanes) is 4. The first-order valence-corrected chi connectivity index (χ1v) is 7.80. The van der Waals surface area contributed by atoms with E-state index in [0.29, 0.717) is 0 Å². The molecule has 0 fully saturated rings. The molecule has 0 spiro atoms. The van der Waals surface area contributed by atoms with Gasteiger partial charge in [-0.1, -0.05) is 81.1 Å². The zero-order valence-corrected chi connectivity index (χ0v) is 12.4. The van der Waals surface area contributed by atoms with Crippen molar-refractivity contribution in [2.45, 2.75) is 39.0 Å². The fraction of sp³-hybridized carbons (Fsp3) is 0.368. The minimum atomic E-state index is 1.06. The van der Waals surface area contributed by atoms with Crippen LogP contribution in [0.4, 0.5) is 5.69 Å². The van der Waals surface area contributed by atoms with E-state index in [1.165, 1.54) is 48.9 Å². The van der Waals surface area contributed by atoms with Gasteiger partial charge in [-0.25, -0.2) is 0 Å². The van der Waals surface area contributed by atoms with Crippen LogP contribution in [0, 0.1) is 0 Å². The average molecular weight is 267 g/mol. The quantitative estimate of drug-likeness (QED) is 0.602. The summed E-state index contributed by atoms with van der Waals surface area (Å²) in [5.41, 5.74) is 3.82. The third kappa shape index (κ3) is 4.41. The molecule has 0 atom stereocenters. The average Bonchev–Trinajstić information content (AvgIpc) is 2.52. The molecule has 0 saturated heterocycles. The minimum absolute atomic E-state index is 1.06. The van der Waals surface area contributed by atoms with Crippen molar-refractivity contribution in [3.8, 4) is 11.1 Å². The van der Waals surface area contributed by atoms with Gasteiger partial charge in [-0.05, 0) is 18.1 Å². The molecule has 0 radical (unpaired) electrons. The highest BCUT2D eigenvalue weighted by molar-refractivity contribution is 5.77. The molecule has 0 bridgehead atoms. The Morgan fingerprint density at radius 2 is 1.45 bits per heavy atom. The van der Waals surface area contributed by atoms with Gasteiger partial charge in [0.05, 0.1) is 0 Å². The first-order chi connectivity index (χ1) is 9.92. The largest absolute Gasteiger partial charge is 0.385 e. The van der Waals surface area contributed by atoms with Crippen LogP contribution in [-0.2, 0) is 0 Å². The van der Waals surface area contributed by atoms with Crippen LogP contribution >= 0.6 is 0 Å². The fourth-order valence-electron chi connectivity index (χ4n) is 2.46. The SMILES string of the molecule is CCCCCCCNc1ccccc1-c1ccccc1. The van der Waals surface area contributed by atoms with Crippen LogP contribution in [-0.4, -0.2) is 6.54 Å². The van der Waals surface area contributed by atoms with Gasteiger partial charge in [0, 0.05) is 17.8 Å². The molecule has 20 heavy (non-hydrogen) atoms. The van der Waals surface area contributed by atoms with Crippen LogP contribution in [0.5, 0.6) is 0 Å². The van der Waals surface area contributed by atoms with E-state index < -0.39 is 0 Å². The molecule has 2 rings (SSSR count). The zero-order chi connectivity index (χ0) is 14.0. The molecule has 0 heterocycles. The molecule has 0 aliphatic rings. The molecule has 0 amide bonds. The third-order valence-electron chi connectivity index (χ3n) is 3.61. The summed E-state index contributed by atoms with van der Waals surface area (Å²) in [4.78, 5) is 0. The second kappa shape index (κ2) is 8.42. The topological polar surface area (TPSA) is 12.0 Å². The Morgan fingerprint density at radius 3 is 2.25 bits per heavy atom. The lowest BCUT2D eigenvalue weighted by Crippen LogP contribution is -2.02. The van der Waals surface area contributed by atoms with Gasteiger partial charge in [0.15, 0.2) is 0 Å². The van der Waals surface area contributed by atoms with Crippen LogP contribution < -0.4 is 5.32 Å². The van der Waals surface area contributed by atoms with Crippen molar-refractivity contribution < 1.29 is 0 Å². The van der Waals surface area contributed by atoms with Crippen molar-refractivity contribution >= 4 is 5.69 Å². The maximum absolute atomic E-state index is 3.59. The van der Waals surface area contributed by atoms with E-state index in [-0.39, 0.29) is 0 Å². The monoisotopic (exact) mass is 267 g/mol. The van der Waals surface area contributed by atoms with Crippen molar-refractivity contribution in [3.05, 3.63) is 54.6 Å². The summed E-state index contributed by atoms with van der Waals surface area (Å²) in [7, 11) is 0. The van der Waals surface area contributed by atoms with Gasteiger partial charge in [-0.3, -0.25) is 0 Å². The van der Waals surface area contributed by atoms with Crippen molar-refractivity contribution in [1.82, 2.24) is 0 Å². The smallest absolute Gasteiger partial charge is 0.0419 e. The first kappa shape index (κ1) is 14.6. The Morgan fingerprint density at radius 1 is 0.750 bits per heavy atom. The summed E-state index contributed by atoms with van der Waals surface area (Å²) in [6.45, 7) is 3.32. The normalized spacial score (nSPS) is 10.4. The Bertz CT molecular complexity index is 490. The maximum Gasteiger partial charge on any atom is 0.0419 e. The molecular weight excluding hydrogens is 242 g/mol. The molecule has 0 aliphatic carbocycles. The number of hydrogen-bond acceptors (Lipinski definition) is 1. The van der Waals surface area contributed by atoms with Crippen LogP contribution in [0.3, 0.4) is 0 Å². The van der Waals surface area contributed by atoms with E-state index in [9.17, 15) is 0 Å². The minimum Gasteiger partial charge on any atom is -0.385 e. The number of rotatable bonds is 8. The van der Waals surface area contributed by atoms with Crippen molar-refractivity contribution in [3.63, 3.8) is 0 Å². The van der Waals surface area contributed by atoms with Gasteiger partial charge in [-0.15, -0.1) is 0 Å².